The maximum atomic E-state index is 12.1. The summed E-state index contributed by atoms with van der Waals surface area (Å²) >= 11 is 0. The number of nitrogens with one attached hydrogen (secondary N) is 2. The van der Waals surface area contributed by atoms with E-state index in [2.05, 4.69) is 15.6 Å². The van der Waals surface area contributed by atoms with Crippen molar-refractivity contribution in [2.75, 3.05) is 30.9 Å². The second kappa shape index (κ2) is 8.14. The number of carbonyl (C=O) groups excluding carboxylic acids is 1. The highest BCUT2D eigenvalue weighted by Gasteiger charge is 2.06. The molecule has 1 amide bonds. The zero-order valence-corrected chi connectivity index (χ0v) is 12.9. The van der Waals surface area contributed by atoms with E-state index in [1.807, 2.05) is 31.2 Å². The van der Waals surface area contributed by atoms with Crippen LogP contribution in [0.3, 0.4) is 0 Å². The molecule has 22 heavy (non-hydrogen) atoms. The molecule has 2 aromatic rings. The summed E-state index contributed by atoms with van der Waals surface area (Å²) in [4.78, 5) is 16.4. The number of rotatable bonds is 7. The van der Waals surface area contributed by atoms with Crippen molar-refractivity contribution < 1.29 is 9.53 Å². The molecular formula is C17H21N3O2. The summed E-state index contributed by atoms with van der Waals surface area (Å²) in [6.45, 7) is 3.49. The molecule has 116 valence electrons. The summed E-state index contributed by atoms with van der Waals surface area (Å²) in [5, 5.41) is 6.04. The summed E-state index contributed by atoms with van der Waals surface area (Å²) < 4.78 is 4.98. The molecule has 0 spiro atoms. The number of aromatic nitrogens is 1. The molecule has 2 rings (SSSR count). The normalized spacial score (nSPS) is 10.3. The van der Waals surface area contributed by atoms with Gasteiger partial charge in [0.2, 0.25) is 0 Å². The molecule has 1 aromatic heterocycles. The Kier molecular flexibility index (Phi) is 5.91. The standard InChI is InChI=1S/C17H21N3O2/c1-13-5-3-6-15(11-13)20-17(21)14-7-8-16(19-12-14)18-9-4-10-22-2/h3,5-8,11-12H,4,9-10H2,1-2H3,(H,18,19)(H,20,21). The van der Waals surface area contributed by atoms with Crippen molar-refractivity contribution >= 4 is 17.4 Å². The molecule has 0 atom stereocenters. The van der Waals surface area contributed by atoms with Crippen LogP contribution in [0.25, 0.3) is 0 Å². The van der Waals surface area contributed by atoms with Gasteiger partial charge in [0.1, 0.15) is 5.82 Å². The van der Waals surface area contributed by atoms with Crippen LogP contribution in [0, 0.1) is 6.92 Å². The van der Waals surface area contributed by atoms with Gasteiger partial charge in [0, 0.05) is 32.1 Å². The van der Waals surface area contributed by atoms with Crippen LogP contribution in [-0.2, 0) is 4.74 Å². The van der Waals surface area contributed by atoms with E-state index in [1.54, 1.807) is 25.4 Å². The zero-order chi connectivity index (χ0) is 15.8. The second-order valence-electron chi connectivity index (χ2n) is 5.03. The number of benzene rings is 1. The maximum Gasteiger partial charge on any atom is 0.257 e. The van der Waals surface area contributed by atoms with Crippen LogP contribution < -0.4 is 10.6 Å². The molecule has 5 heteroatoms. The Morgan fingerprint density at radius 1 is 1.27 bits per heavy atom. The van der Waals surface area contributed by atoms with E-state index in [0.717, 1.165) is 30.0 Å². The van der Waals surface area contributed by atoms with Crippen LogP contribution in [0.4, 0.5) is 11.5 Å². The largest absolute Gasteiger partial charge is 0.385 e. The number of pyridine rings is 1. The average molecular weight is 299 g/mol. The number of ether oxygens (including phenoxy) is 1. The molecule has 0 bridgehead atoms. The minimum Gasteiger partial charge on any atom is -0.385 e. The minimum atomic E-state index is -0.163. The lowest BCUT2D eigenvalue weighted by atomic mass is 10.2. The molecule has 0 fully saturated rings. The van der Waals surface area contributed by atoms with E-state index in [4.69, 9.17) is 4.74 Å². The highest BCUT2D eigenvalue weighted by atomic mass is 16.5. The molecule has 0 aliphatic heterocycles. The van der Waals surface area contributed by atoms with Crippen molar-refractivity contribution in [1.29, 1.82) is 0 Å². The van der Waals surface area contributed by atoms with E-state index >= 15 is 0 Å². The van der Waals surface area contributed by atoms with Crippen molar-refractivity contribution in [3.63, 3.8) is 0 Å². The first kappa shape index (κ1) is 16.0. The van der Waals surface area contributed by atoms with Gasteiger partial charge in [-0.15, -0.1) is 0 Å². The Balaban J connectivity index is 1.90. The lowest BCUT2D eigenvalue weighted by Crippen LogP contribution is -2.13. The zero-order valence-electron chi connectivity index (χ0n) is 12.9. The van der Waals surface area contributed by atoms with Crippen LogP contribution in [0.1, 0.15) is 22.3 Å². The Morgan fingerprint density at radius 3 is 2.82 bits per heavy atom. The van der Waals surface area contributed by atoms with Crippen LogP contribution in [0.15, 0.2) is 42.6 Å². The lowest BCUT2D eigenvalue weighted by molar-refractivity contribution is 0.102. The molecular weight excluding hydrogens is 278 g/mol. The van der Waals surface area contributed by atoms with Gasteiger partial charge >= 0.3 is 0 Å². The fraction of sp³-hybridized carbons (Fsp3) is 0.294. The van der Waals surface area contributed by atoms with Gasteiger partial charge in [-0.25, -0.2) is 4.98 Å². The highest BCUT2D eigenvalue weighted by molar-refractivity contribution is 6.04. The van der Waals surface area contributed by atoms with Crippen molar-refractivity contribution in [2.45, 2.75) is 13.3 Å². The third-order valence-electron chi connectivity index (χ3n) is 3.13. The molecule has 1 heterocycles. The van der Waals surface area contributed by atoms with Crippen molar-refractivity contribution in [3.8, 4) is 0 Å². The summed E-state index contributed by atoms with van der Waals surface area (Å²) in [5.41, 5.74) is 2.42. The molecule has 5 nitrogen and oxygen atoms in total. The van der Waals surface area contributed by atoms with Crippen LogP contribution in [-0.4, -0.2) is 31.2 Å². The summed E-state index contributed by atoms with van der Waals surface area (Å²) in [6.07, 6.45) is 2.48. The number of anilines is 2. The van der Waals surface area contributed by atoms with E-state index in [9.17, 15) is 4.79 Å². The van der Waals surface area contributed by atoms with Crippen LogP contribution >= 0.6 is 0 Å². The SMILES string of the molecule is COCCCNc1ccc(C(=O)Nc2cccc(C)c2)cn1. The third-order valence-corrected chi connectivity index (χ3v) is 3.13. The van der Waals surface area contributed by atoms with Gasteiger partial charge in [0.15, 0.2) is 0 Å². The van der Waals surface area contributed by atoms with Crippen LogP contribution in [0.2, 0.25) is 0 Å². The van der Waals surface area contributed by atoms with E-state index in [0.29, 0.717) is 12.2 Å². The van der Waals surface area contributed by atoms with Crippen molar-refractivity contribution in [2.24, 2.45) is 0 Å². The number of aryl methyl sites for hydroxylation is 1. The van der Waals surface area contributed by atoms with Crippen LogP contribution in [0.5, 0.6) is 0 Å². The number of methoxy groups -OCH3 is 1. The highest BCUT2D eigenvalue weighted by Crippen LogP contribution is 2.12. The van der Waals surface area contributed by atoms with Gasteiger partial charge < -0.3 is 15.4 Å². The Bertz CT molecular complexity index is 612. The molecule has 0 radical (unpaired) electrons. The van der Waals surface area contributed by atoms with Gasteiger partial charge in [-0.2, -0.15) is 0 Å². The first-order valence-corrected chi connectivity index (χ1v) is 7.26. The predicted molar refractivity (Wildman–Crippen MR) is 88.4 cm³/mol. The van der Waals surface area contributed by atoms with Gasteiger partial charge in [-0.1, -0.05) is 12.1 Å². The molecule has 2 N–H and O–H groups in total. The number of hydrogen-bond acceptors (Lipinski definition) is 4. The number of nitrogens with zero attached hydrogens (tertiary/aromatic N) is 1. The smallest absolute Gasteiger partial charge is 0.257 e. The van der Waals surface area contributed by atoms with Gasteiger partial charge in [0.25, 0.3) is 5.91 Å². The van der Waals surface area contributed by atoms with Gasteiger partial charge in [-0.3, -0.25) is 4.79 Å². The van der Waals surface area contributed by atoms with E-state index < -0.39 is 0 Å². The Morgan fingerprint density at radius 2 is 2.14 bits per heavy atom. The fourth-order valence-corrected chi connectivity index (χ4v) is 1.99. The minimum absolute atomic E-state index is 0.163. The van der Waals surface area contributed by atoms with E-state index in [-0.39, 0.29) is 5.91 Å². The maximum absolute atomic E-state index is 12.1. The van der Waals surface area contributed by atoms with Crippen molar-refractivity contribution in [3.05, 3.63) is 53.7 Å². The van der Waals surface area contributed by atoms with E-state index in [1.165, 1.54) is 0 Å². The second-order valence-corrected chi connectivity index (χ2v) is 5.03. The number of hydrogen-bond donors (Lipinski definition) is 2. The first-order chi connectivity index (χ1) is 10.7. The van der Waals surface area contributed by atoms with Gasteiger partial charge in [-0.05, 0) is 43.2 Å². The monoisotopic (exact) mass is 299 g/mol. The van der Waals surface area contributed by atoms with Gasteiger partial charge in [0.05, 0.1) is 5.56 Å². The number of carbonyl (C=O) groups is 1. The molecule has 0 saturated heterocycles. The molecule has 0 unspecified atom stereocenters. The average Bonchev–Trinajstić information content (AvgIpc) is 2.52. The molecule has 0 aliphatic rings. The number of amides is 1. The first-order valence-electron chi connectivity index (χ1n) is 7.26. The molecule has 0 saturated carbocycles. The third kappa shape index (κ3) is 4.86. The molecule has 0 aliphatic carbocycles. The van der Waals surface area contributed by atoms with Crippen molar-refractivity contribution in [1.82, 2.24) is 4.98 Å². The summed E-state index contributed by atoms with van der Waals surface area (Å²) in [6, 6.07) is 11.3. The predicted octanol–water partition coefficient (Wildman–Crippen LogP) is 3.09. The summed E-state index contributed by atoms with van der Waals surface area (Å²) in [7, 11) is 1.68. The Hall–Kier alpha value is -2.40. The fourth-order valence-electron chi connectivity index (χ4n) is 1.99. The quantitative estimate of drug-likeness (QED) is 0.771. The lowest BCUT2D eigenvalue weighted by Gasteiger charge is -2.08. The molecule has 1 aromatic carbocycles. The topological polar surface area (TPSA) is 63.2 Å². The summed E-state index contributed by atoms with van der Waals surface area (Å²) in [5.74, 6) is 0.590. The Labute approximate surface area is 130 Å².